The Bertz CT molecular complexity index is 1440. The Kier molecular flexibility index (Phi) is 7.83. The van der Waals surface area contributed by atoms with Gasteiger partial charge in [0, 0.05) is 71.3 Å². The molecule has 216 valence electrons. The number of hydrogen-bond donors (Lipinski definition) is 2. The summed E-state index contributed by atoms with van der Waals surface area (Å²) in [7, 11) is 6.76. The van der Waals surface area contributed by atoms with E-state index in [1.807, 2.05) is 24.3 Å². The zero-order chi connectivity index (χ0) is 29.3. The molecule has 3 aromatic rings. The van der Waals surface area contributed by atoms with Crippen LogP contribution in [0.1, 0.15) is 37.7 Å². The second-order valence-electron chi connectivity index (χ2n) is 10.9. The van der Waals surface area contributed by atoms with E-state index in [2.05, 4.69) is 15.5 Å². The van der Waals surface area contributed by atoms with Crippen molar-refractivity contribution in [3.63, 3.8) is 0 Å². The van der Waals surface area contributed by atoms with Crippen LogP contribution in [0.4, 0.5) is 14.9 Å². The molecule has 10 nitrogen and oxygen atoms in total. The molecule has 2 aromatic carbocycles. The number of hydrogen-bond acceptors (Lipinski definition) is 5. The first-order chi connectivity index (χ1) is 19.6. The molecule has 4 amide bonds. The Morgan fingerprint density at radius 3 is 2.17 bits per heavy atom. The molecule has 2 N–H and O–H groups in total. The summed E-state index contributed by atoms with van der Waals surface area (Å²) in [4.78, 5) is 42.5. The molecular weight excluding hydrogens is 527 g/mol. The quantitative estimate of drug-likeness (QED) is 0.461. The van der Waals surface area contributed by atoms with E-state index >= 15 is 4.39 Å². The molecule has 1 aromatic heterocycles. The molecule has 2 aliphatic rings. The number of benzene rings is 2. The smallest absolute Gasteiger partial charge is 0.321 e. The van der Waals surface area contributed by atoms with Crippen molar-refractivity contribution in [1.29, 1.82) is 0 Å². The van der Waals surface area contributed by atoms with Gasteiger partial charge in [-0.05, 0) is 41.5 Å². The van der Waals surface area contributed by atoms with Crippen molar-refractivity contribution in [2.24, 2.45) is 0 Å². The SMILES string of the molecule is CN(C)C(=O)Nc1ccc(CNC(=O)c2c(F)cc3n2CCN(Cc2ccc(C(=O)N(C)C)cc2)C32COC2)cc1. The Hall–Kier alpha value is -4.22. The lowest BCUT2D eigenvalue weighted by Crippen LogP contribution is -2.63. The van der Waals surface area contributed by atoms with Crippen molar-refractivity contribution < 1.29 is 23.5 Å². The summed E-state index contributed by atoms with van der Waals surface area (Å²) >= 11 is 0. The fourth-order valence-electron chi connectivity index (χ4n) is 5.26. The summed E-state index contributed by atoms with van der Waals surface area (Å²) in [6.45, 7) is 2.72. The number of anilines is 1. The van der Waals surface area contributed by atoms with Crippen molar-refractivity contribution in [3.8, 4) is 0 Å². The minimum absolute atomic E-state index is 0.0207. The van der Waals surface area contributed by atoms with Gasteiger partial charge in [-0.15, -0.1) is 0 Å². The molecule has 3 heterocycles. The van der Waals surface area contributed by atoms with Crippen molar-refractivity contribution >= 4 is 23.5 Å². The van der Waals surface area contributed by atoms with Crippen LogP contribution < -0.4 is 10.6 Å². The predicted octanol–water partition coefficient (Wildman–Crippen LogP) is 3.09. The second-order valence-corrected chi connectivity index (χ2v) is 10.9. The van der Waals surface area contributed by atoms with Gasteiger partial charge in [-0.2, -0.15) is 0 Å². The van der Waals surface area contributed by atoms with Crippen LogP contribution >= 0.6 is 0 Å². The number of rotatable bonds is 7. The van der Waals surface area contributed by atoms with Gasteiger partial charge in [-0.25, -0.2) is 9.18 Å². The molecular formula is C30H35FN6O4. The van der Waals surface area contributed by atoms with Crippen molar-refractivity contribution in [2.45, 2.75) is 25.2 Å². The maximum absolute atomic E-state index is 15.3. The molecule has 1 saturated heterocycles. The maximum atomic E-state index is 15.3. The van der Waals surface area contributed by atoms with Crippen LogP contribution in [0.3, 0.4) is 0 Å². The first-order valence-electron chi connectivity index (χ1n) is 13.5. The zero-order valence-electron chi connectivity index (χ0n) is 23.7. The van der Waals surface area contributed by atoms with Gasteiger partial charge in [0.25, 0.3) is 11.8 Å². The number of urea groups is 1. The second kappa shape index (κ2) is 11.3. The first-order valence-corrected chi connectivity index (χ1v) is 13.5. The Labute approximate surface area is 238 Å². The summed E-state index contributed by atoms with van der Waals surface area (Å²) in [5.41, 5.74) is 3.35. The van der Waals surface area contributed by atoms with Gasteiger partial charge in [-0.1, -0.05) is 24.3 Å². The van der Waals surface area contributed by atoms with E-state index in [1.54, 1.807) is 61.9 Å². The number of amides is 4. The molecule has 0 aliphatic carbocycles. The van der Waals surface area contributed by atoms with Crippen LogP contribution in [-0.2, 0) is 29.9 Å². The summed E-state index contributed by atoms with van der Waals surface area (Å²) in [5, 5.41) is 5.60. The number of fused-ring (bicyclic) bond motifs is 2. The molecule has 5 rings (SSSR count). The summed E-state index contributed by atoms with van der Waals surface area (Å²) in [5.74, 6) is -1.09. The molecule has 1 fully saturated rings. The highest BCUT2D eigenvalue weighted by Gasteiger charge is 2.51. The van der Waals surface area contributed by atoms with Gasteiger partial charge in [0.1, 0.15) is 11.2 Å². The van der Waals surface area contributed by atoms with Gasteiger partial charge < -0.3 is 29.7 Å². The number of halogens is 1. The van der Waals surface area contributed by atoms with Gasteiger partial charge in [0.2, 0.25) is 0 Å². The minimum Gasteiger partial charge on any atom is -0.377 e. The third-order valence-corrected chi connectivity index (χ3v) is 7.67. The van der Waals surface area contributed by atoms with Gasteiger partial charge >= 0.3 is 6.03 Å². The van der Waals surface area contributed by atoms with E-state index < -0.39 is 17.3 Å². The highest BCUT2D eigenvalue weighted by atomic mass is 19.1. The average Bonchev–Trinajstić information content (AvgIpc) is 3.27. The third-order valence-electron chi connectivity index (χ3n) is 7.67. The number of nitrogens with one attached hydrogen (secondary N) is 2. The van der Waals surface area contributed by atoms with Crippen molar-refractivity contribution in [3.05, 3.63) is 88.5 Å². The zero-order valence-corrected chi connectivity index (χ0v) is 23.7. The molecule has 11 heteroatoms. The number of carbonyl (C=O) groups is 3. The lowest BCUT2D eigenvalue weighted by Gasteiger charge is -2.52. The van der Waals surface area contributed by atoms with E-state index in [0.29, 0.717) is 44.1 Å². The predicted molar refractivity (Wildman–Crippen MR) is 152 cm³/mol. The first kappa shape index (κ1) is 28.3. The van der Waals surface area contributed by atoms with Gasteiger partial charge in [-0.3, -0.25) is 14.5 Å². The van der Waals surface area contributed by atoms with E-state index in [0.717, 1.165) is 16.8 Å². The number of aromatic nitrogens is 1. The fraction of sp³-hybridized carbons (Fsp3) is 0.367. The lowest BCUT2D eigenvalue weighted by molar-refractivity contribution is -0.162. The Morgan fingerprint density at radius 2 is 1.59 bits per heavy atom. The van der Waals surface area contributed by atoms with Crippen LogP contribution in [0, 0.1) is 5.82 Å². The molecule has 2 aliphatic heterocycles. The molecule has 1 spiro atoms. The topological polar surface area (TPSA) is 99.2 Å². The Morgan fingerprint density at radius 1 is 0.927 bits per heavy atom. The van der Waals surface area contributed by atoms with Crippen LogP contribution in [0.15, 0.2) is 54.6 Å². The largest absolute Gasteiger partial charge is 0.377 e. The van der Waals surface area contributed by atoms with Gasteiger partial charge in [0.05, 0.1) is 13.2 Å². The molecule has 0 bridgehead atoms. The van der Waals surface area contributed by atoms with E-state index in [-0.39, 0.29) is 24.2 Å². The van der Waals surface area contributed by atoms with E-state index in [4.69, 9.17) is 4.74 Å². The number of nitrogens with zero attached hydrogens (tertiary/aromatic N) is 4. The van der Waals surface area contributed by atoms with Crippen molar-refractivity contribution in [2.75, 3.05) is 53.3 Å². The summed E-state index contributed by atoms with van der Waals surface area (Å²) in [6.07, 6.45) is 0. The molecule has 0 atom stereocenters. The fourth-order valence-corrected chi connectivity index (χ4v) is 5.26. The third kappa shape index (κ3) is 5.55. The molecule has 0 unspecified atom stereocenters. The number of ether oxygens (including phenoxy) is 1. The summed E-state index contributed by atoms with van der Waals surface area (Å²) < 4.78 is 22.7. The lowest BCUT2D eigenvalue weighted by atomic mass is 9.88. The summed E-state index contributed by atoms with van der Waals surface area (Å²) in [6, 6.07) is 15.9. The van der Waals surface area contributed by atoms with Gasteiger partial charge in [0.15, 0.2) is 5.82 Å². The number of carbonyl (C=O) groups excluding carboxylic acids is 3. The standard InChI is InChI=1S/C30H35FN6O4/c1-34(2)28(39)22-9-5-21(6-10-22)17-36-13-14-37-25(30(36)18-41-19-30)15-24(31)26(37)27(38)32-16-20-7-11-23(12-8-20)33-29(40)35(3)4/h5-12,15H,13-14,16-19H2,1-4H3,(H,32,38)(H,33,40). The van der Waals surface area contributed by atoms with E-state index in [9.17, 15) is 14.4 Å². The minimum atomic E-state index is -0.557. The van der Waals surface area contributed by atoms with Crippen LogP contribution in [0.5, 0.6) is 0 Å². The van der Waals surface area contributed by atoms with Crippen LogP contribution in [0.25, 0.3) is 0 Å². The van der Waals surface area contributed by atoms with E-state index in [1.165, 1.54) is 11.0 Å². The highest BCUT2D eigenvalue weighted by Crippen LogP contribution is 2.41. The molecule has 0 saturated carbocycles. The van der Waals surface area contributed by atoms with Crippen molar-refractivity contribution in [1.82, 2.24) is 24.6 Å². The molecule has 41 heavy (non-hydrogen) atoms. The van der Waals surface area contributed by atoms with Crippen LogP contribution in [-0.4, -0.2) is 85.1 Å². The monoisotopic (exact) mass is 562 g/mol. The normalized spacial score (nSPS) is 15.5. The molecule has 0 radical (unpaired) electrons. The highest BCUT2D eigenvalue weighted by molar-refractivity contribution is 5.94. The maximum Gasteiger partial charge on any atom is 0.321 e. The average molecular weight is 563 g/mol. The van der Waals surface area contributed by atoms with Crippen LogP contribution in [0.2, 0.25) is 0 Å². The Balaban J connectivity index is 1.28.